The Bertz CT molecular complexity index is 739. The molecule has 2 aliphatic rings. The van der Waals surface area contributed by atoms with Crippen molar-refractivity contribution in [2.75, 3.05) is 18.0 Å². The van der Waals surface area contributed by atoms with Gasteiger partial charge >= 0.3 is 0 Å². The lowest BCUT2D eigenvalue weighted by atomic mass is 9.72. The predicted molar refractivity (Wildman–Crippen MR) is 111 cm³/mol. The molecule has 2 saturated heterocycles. The Balaban J connectivity index is 1.70. The van der Waals surface area contributed by atoms with Crippen LogP contribution in [0.5, 0.6) is 0 Å². The van der Waals surface area contributed by atoms with Crippen LogP contribution in [0.15, 0.2) is 24.8 Å². The maximum Gasteiger partial charge on any atom is 0.234 e. The van der Waals surface area contributed by atoms with Crippen LogP contribution in [0.4, 0.5) is 5.69 Å². The highest BCUT2D eigenvalue weighted by atomic mass is 16.2. The van der Waals surface area contributed by atoms with Crippen molar-refractivity contribution in [2.24, 2.45) is 11.3 Å². The summed E-state index contributed by atoms with van der Waals surface area (Å²) in [6.45, 7) is 13.1. The van der Waals surface area contributed by atoms with E-state index in [1.165, 1.54) is 31.4 Å². The fourth-order valence-electron chi connectivity index (χ4n) is 4.87. The largest absolute Gasteiger partial charge is 0.370 e. The number of piperidine rings is 1. The number of hydrogen-bond acceptors (Lipinski definition) is 3. The van der Waals surface area contributed by atoms with Crippen LogP contribution in [0, 0.1) is 18.3 Å². The molecule has 1 unspecified atom stereocenters. The maximum atomic E-state index is 12.2. The van der Waals surface area contributed by atoms with E-state index in [-0.39, 0.29) is 17.7 Å². The summed E-state index contributed by atoms with van der Waals surface area (Å²) in [5.74, 6) is -0.707. The maximum absolute atomic E-state index is 12.2. The van der Waals surface area contributed by atoms with Gasteiger partial charge in [-0.3, -0.25) is 14.9 Å². The molecular formula is C23H32N2O2. The van der Waals surface area contributed by atoms with Crippen LogP contribution in [-0.2, 0) is 9.59 Å². The highest BCUT2D eigenvalue weighted by Gasteiger charge is 2.41. The van der Waals surface area contributed by atoms with Crippen molar-refractivity contribution in [3.63, 3.8) is 0 Å². The van der Waals surface area contributed by atoms with Gasteiger partial charge in [-0.05, 0) is 55.0 Å². The zero-order valence-electron chi connectivity index (χ0n) is 16.9. The molecule has 4 heteroatoms. The van der Waals surface area contributed by atoms with Gasteiger partial charge in [0.25, 0.3) is 0 Å². The van der Waals surface area contributed by atoms with Gasteiger partial charge in [0.15, 0.2) is 0 Å². The Hall–Kier alpha value is -2.10. The summed E-state index contributed by atoms with van der Waals surface area (Å²) in [7, 11) is 0. The number of anilines is 1. The molecule has 1 N–H and O–H groups in total. The van der Waals surface area contributed by atoms with Crippen LogP contribution in [-0.4, -0.2) is 24.9 Å². The Morgan fingerprint density at radius 2 is 1.89 bits per heavy atom. The number of benzene rings is 1. The molecule has 4 nitrogen and oxygen atoms in total. The Morgan fingerprint density at radius 3 is 2.44 bits per heavy atom. The van der Waals surface area contributed by atoms with Crippen LogP contribution < -0.4 is 10.2 Å². The third kappa shape index (κ3) is 3.95. The number of rotatable bonds is 7. The molecule has 0 saturated carbocycles. The second kappa shape index (κ2) is 7.87. The first-order chi connectivity index (χ1) is 12.9. The number of hydrogen-bond donors (Lipinski definition) is 1. The van der Waals surface area contributed by atoms with Crippen LogP contribution in [0.3, 0.4) is 0 Å². The summed E-state index contributed by atoms with van der Waals surface area (Å²) >= 11 is 0. The minimum atomic E-state index is -0.307. The molecule has 1 atom stereocenters. The lowest BCUT2D eigenvalue weighted by Gasteiger charge is -2.52. The molecule has 2 fully saturated rings. The second-order valence-corrected chi connectivity index (χ2v) is 8.38. The van der Waals surface area contributed by atoms with E-state index in [0.29, 0.717) is 18.3 Å². The molecule has 0 spiro atoms. The number of carbonyl (C=O) groups is 2. The predicted octanol–water partition coefficient (Wildman–Crippen LogP) is 4.47. The quantitative estimate of drug-likeness (QED) is 0.723. The SMILES string of the molecule is C=C(c1ccc(N2CC(CCC)(CCC)C2)cc1C)C1CCC(=O)NC1=O. The molecule has 3 rings (SSSR count). The number of carbonyl (C=O) groups excluding carboxylic acids is 2. The van der Waals surface area contributed by atoms with Crippen LogP contribution in [0.1, 0.15) is 63.5 Å². The van der Waals surface area contributed by atoms with Gasteiger partial charge in [-0.1, -0.05) is 39.3 Å². The van der Waals surface area contributed by atoms with Gasteiger partial charge < -0.3 is 4.90 Å². The topological polar surface area (TPSA) is 49.4 Å². The number of imide groups is 1. The van der Waals surface area contributed by atoms with Crippen molar-refractivity contribution in [3.8, 4) is 0 Å². The van der Waals surface area contributed by atoms with E-state index in [1.54, 1.807) is 0 Å². The number of nitrogens with zero attached hydrogens (tertiary/aromatic N) is 1. The summed E-state index contributed by atoms with van der Waals surface area (Å²) in [5.41, 5.74) is 4.74. The first kappa shape index (κ1) is 19.7. The average Bonchev–Trinajstić information content (AvgIpc) is 2.59. The second-order valence-electron chi connectivity index (χ2n) is 8.38. The highest BCUT2D eigenvalue weighted by molar-refractivity contribution is 6.03. The fourth-order valence-corrected chi connectivity index (χ4v) is 4.87. The number of nitrogens with one attached hydrogen (secondary N) is 1. The van der Waals surface area contributed by atoms with E-state index in [9.17, 15) is 9.59 Å². The molecule has 0 aromatic heterocycles. The summed E-state index contributed by atoms with van der Waals surface area (Å²) in [6.07, 6.45) is 6.04. The van der Waals surface area contributed by atoms with Crippen molar-refractivity contribution in [2.45, 2.75) is 59.3 Å². The third-order valence-corrected chi connectivity index (χ3v) is 6.19. The van der Waals surface area contributed by atoms with E-state index in [1.807, 2.05) is 0 Å². The monoisotopic (exact) mass is 368 g/mol. The minimum Gasteiger partial charge on any atom is -0.370 e. The van der Waals surface area contributed by atoms with Gasteiger partial charge in [0.2, 0.25) is 11.8 Å². The number of aryl methyl sites for hydroxylation is 1. The molecule has 146 valence electrons. The first-order valence-corrected chi connectivity index (χ1v) is 10.3. The van der Waals surface area contributed by atoms with Crippen LogP contribution in [0.2, 0.25) is 0 Å². The van der Waals surface area contributed by atoms with Crippen LogP contribution in [0.25, 0.3) is 5.57 Å². The van der Waals surface area contributed by atoms with E-state index < -0.39 is 0 Å². The summed E-state index contributed by atoms with van der Waals surface area (Å²) in [6, 6.07) is 6.46. The summed E-state index contributed by atoms with van der Waals surface area (Å²) in [4.78, 5) is 26.0. The van der Waals surface area contributed by atoms with Gasteiger partial charge in [0.05, 0.1) is 5.92 Å². The van der Waals surface area contributed by atoms with Gasteiger partial charge in [-0.15, -0.1) is 0 Å². The van der Waals surface area contributed by atoms with Crippen molar-refractivity contribution >= 4 is 23.1 Å². The Kier molecular flexibility index (Phi) is 5.73. The average molecular weight is 369 g/mol. The molecule has 2 aliphatic heterocycles. The van der Waals surface area contributed by atoms with Crippen LogP contribution >= 0.6 is 0 Å². The van der Waals surface area contributed by atoms with E-state index in [0.717, 1.165) is 29.8 Å². The molecule has 1 aromatic rings. The van der Waals surface area contributed by atoms with Crippen molar-refractivity contribution in [1.82, 2.24) is 5.32 Å². The molecule has 0 radical (unpaired) electrons. The van der Waals surface area contributed by atoms with Gasteiger partial charge in [-0.2, -0.15) is 0 Å². The standard InChI is InChI=1S/C23H32N2O2/c1-5-11-23(12-6-2)14-25(15-23)18-7-8-19(16(3)13-18)17(4)20-9-10-21(26)24-22(20)27/h7-8,13,20H,4-6,9-12,14-15H2,1-3H3,(H,24,26,27). The molecule has 1 aromatic carbocycles. The smallest absolute Gasteiger partial charge is 0.234 e. The third-order valence-electron chi connectivity index (χ3n) is 6.19. The van der Waals surface area contributed by atoms with E-state index >= 15 is 0 Å². The first-order valence-electron chi connectivity index (χ1n) is 10.3. The zero-order chi connectivity index (χ0) is 19.6. The summed E-state index contributed by atoms with van der Waals surface area (Å²) in [5, 5.41) is 2.43. The van der Waals surface area contributed by atoms with E-state index in [2.05, 4.69) is 55.8 Å². The molecule has 2 heterocycles. The van der Waals surface area contributed by atoms with E-state index in [4.69, 9.17) is 0 Å². The molecule has 27 heavy (non-hydrogen) atoms. The van der Waals surface area contributed by atoms with Crippen molar-refractivity contribution < 1.29 is 9.59 Å². The molecule has 0 aliphatic carbocycles. The fraction of sp³-hybridized carbons (Fsp3) is 0.565. The highest BCUT2D eigenvalue weighted by Crippen LogP contribution is 2.42. The lowest BCUT2D eigenvalue weighted by Crippen LogP contribution is -2.56. The van der Waals surface area contributed by atoms with Gasteiger partial charge in [0, 0.05) is 30.6 Å². The Labute approximate surface area is 163 Å². The van der Waals surface area contributed by atoms with Crippen molar-refractivity contribution in [3.05, 3.63) is 35.9 Å². The van der Waals surface area contributed by atoms with Gasteiger partial charge in [0.1, 0.15) is 0 Å². The minimum absolute atomic E-state index is 0.184. The summed E-state index contributed by atoms with van der Waals surface area (Å²) < 4.78 is 0. The molecule has 2 amide bonds. The lowest BCUT2D eigenvalue weighted by molar-refractivity contribution is -0.134. The van der Waals surface area contributed by atoms with Crippen molar-refractivity contribution in [1.29, 1.82) is 0 Å². The Morgan fingerprint density at radius 1 is 1.22 bits per heavy atom. The zero-order valence-corrected chi connectivity index (χ0v) is 16.9. The molecule has 0 bridgehead atoms. The van der Waals surface area contributed by atoms with Gasteiger partial charge in [-0.25, -0.2) is 0 Å². The normalized spacial score (nSPS) is 21.6. The molecular weight excluding hydrogens is 336 g/mol. The number of amides is 2.